The number of rotatable bonds is 5. The van der Waals surface area contributed by atoms with E-state index in [1.54, 1.807) is 6.92 Å². The number of esters is 1. The minimum absolute atomic E-state index is 0.0384. The highest BCUT2D eigenvalue weighted by Crippen LogP contribution is 2.52. The van der Waals surface area contributed by atoms with Crippen molar-refractivity contribution in [2.75, 3.05) is 13.2 Å². The van der Waals surface area contributed by atoms with Crippen molar-refractivity contribution in [2.24, 2.45) is 11.1 Å². The summed E-state index contributed by atoms with van der Waals surface area (Å²) in [6, 6.07) is 5.88. The van der Waals surface area contributed by atoms with Crippen molar-refractivity contribution in [1.82, 2.24) is 0 Å². The quantitative estimate of drug-likeness (QED) is 0.829. The van der Waals surface area contributed by atoms with Crippen molar-refractivity contribution in [3.05, 3.63) is 29.3 Å². The molecule has 0 aromatic heterocycles. The van der Waals surface area contributed by atoms with Crippen LogP contribution in [0.5, 0.6) is 0 Å². The first-order valence-corrected chi connectivity index (χ1v) is 8.17. The Morgan fingerprint density at radius 3 is 2.55 bits per heavy atom. The second-order valence-corrected chi connectivity index (χ2v) is 7.34. The maximum Gasteiger partial charge on any atom is 0.314 e. The third-order valence-corrected chi connectivity index (χ3v) is 6.12. The van der Waals surface area contributed by atoms with E-state index < -0.39 is 26.5 Å². The van der Waals surface area contributed by atoms with Gasteiger partial charge in [0, 0.05) is 11.6 Å². The molecule has 2 unspecified atom stereocenters. The second-order valence-electron chi connectivity index (χ2n) is 4.77. The van der Waals surface area contributed by atoms with Gasteiger partial charge in [-0.05, 0) is 37.6 Å². The summed E-state index contributed by atoms with van der Waals surface area (Å²) in [5.74, 6) is -0.537. The number of halogens is 1. The van der Waals surface area contributed by atoms with E-state index in [4.69, 9.17) is 22.1 Å². The largest absolute Gasteiger partial charge is 0.465 e. The molecule has 0 bridgehead atoms. The lowest BCUT2D eigenvalue weighted by molar-refractivity contribution is -0.149. The molecule has 2 rings (SSSR count). The summed E-state index contributed by atoms with van der Waals surface area (Å²) >= 11 is 5.74. The molecular formula is C13H16ClNO4S. The highest BCUT2D eigenvalue weighted by atomic mass is 35.5. The first-order chi connectivity index (χ1) is 9.38. The Balaban J connectivity index is 2.29. The minimum Gasteiger partial charge on any atom is -0.465 e. The lowest BCUT2D eigenvalue weighted by Gasteiger charge is -2.13. The maximum atomic E-state index is 12.5. The van der Waals surface area contributed by atoms with E-state index in [0.717, 1.165) is 0 Å². The number of carbonyl (C=O) groups excluding carboxylic acids is 1. The van der Waals surface area contributed by atoms with Gasteiger partial charge in [-0.1, -0.05) is 11.6 Å². The monoisotopic (exact) mass is 317 g/mol. The molecular weight excluding hydrogens is 302 g/mol. The summed E-state index contributed by atoms with van der Waals surface area (Å²) in [5, 5.41) is -0.365. The smallest absolute Gasteiger partial charge is 0.314 e. The Labute approximate surface area is 123 Å². The molecule has 1 fully saturated rings. The standard InChI is InChI=1S/C13H16ClNO4S/c1-2-19-12(16)13(8-15)7-11(13)20(17,18)10-5-3-9(14)4-6-10/h3-6,11H,2,7-8,15H2,1H3. The van der Waals surface area contributed by atoms with Crippen LogP contribution in [0.15, 0.2) is 29.2 Å². The van der Waals surface area contributed by atoms with Crippen molar-refractivity contribution >= 4 is 27.4 Å². The zero-order valence-corrected chi connectivity index (χ0v) is 12.6. The van der Waals surface area contributed by atoms with Gasteiger partial charge < -0.3 is 10.5 Å². The lowest BCUT2D eigenvalue weighted by atomic mass is 10.1. The van der Waals surface area contributed by atoms with Gasteiger partial charge in [-0.15, -0.1) is 0 Å². The Kier molecular flexibility index (Phi) is 4.09. The summed E-state index contributed by atoms with van der Waals surface area (Å²) < 4.78 is 29.9. The van der Waals surface area contributed by atoms with Gasteiger partial charge in [-0.25, -0.2) is 8.42 Å². The topological polar surface area (TPSA) is 86.5 Å². The number of carbonyl (C=O) groups is 1. The van der Waals surface area contributed by atoms with Crippen LogP contribution in [0.4, 0.5) is 0 Å². The molecule has 1 aliphatic rings. The van der Waals surface area contributed by atoms with Crippen molar-refractivity contribution in [3.8, 4) is 0 Å². The Hall–Kier alpha value is -1.11. The molecule has 1 aliphatic carbocycles. The van der Waals surface area contributed by atoms with Crippen LogP contribution < -0.4 is 5.73 Å². The number of hydrogen-bond acceptors (Lipinski definition) is 5. The molecule has 0 saturated heterocycles. The van der Waals surface area contributed by atoms with Crippen molar-refractivity contribution in [3.63, 3.8) is 0 Å². The zero-order chi connectivity index (χ0) is 15.0. The van der Waals surface area contributed by atoms with E-state index in [-0.39, 0.29) is 24.5 Å². The Morgan fingerprint density at radius 2 is 2.05 bits per heavy atom. The fourth-order valence-electron chi connectivity index (χ4n) is 2.25. The average Bonchev–Trinajstić information content (AvgIpc) is 3.16. The molecule has 1 aromatic carbocycles. The van der Waals surface area contributed by atoms with Crippen LogP contribution in [0.25, 0.3) is 0 Å². The summed E-state index contributed by atoms with van der Waals surface area (Å²) in [7, 11) is -3.61. The molecule has 0 spiro atoms. The van der Waals surface area contributed by atoms with Crippen LogP contribution in [0.1, 0.15) is 13.3 Å². The first kappa shape index (κ1) is 15.3. The predicted octanol–water partition coefficient (Wildman–Crippen LogP) is 1.39. The average molecular weight is 318 g/mol. The molecule has 5 nitrogen and oxygen atoms in total. The molecule has 20 heavy (non-hydrogen) atoms. The zero-order valence-electron chi connectivity index (χ0n) is 11.0. The summed E-state index contributed by atoms with van der Waals surface area (Å²) in [5.41, 5.74) is 4.50. The molecule has 1 aromatic rings. The summed E-state index contributed by atoms with van der Waals surface area (Å²) in [4.78, 5) is 12.1. The number of benzene rings is 1. The molecule has 0 radical (unpaired) electrons. The highest BCUT2D eigenvalue weighted by Gasteiger charge is 2.66. The normalized spacial score (nSPS) is 25.2. The van der Waals surface area contributed by atoms with Crippen LogP contribution >= 0.6 is 11.6 Å². The molecule has 1 saturated carbocycles. The molecule has 2 N–H and O–H groups in total. The van der Waals surface area contributed by atoms with Crippen molar-refractivity contribution in [1.29, 1.82) is 0 Å². The van der Waals surface area contributed by atoms with Gasteiger partial charge in [-0.2, -0.15) is 0 Å². The van der Waals surface area contributed by atoms with E-state index in [2.05, 4.69) is 0 Å². The molecule has 2 atom stereocenters. The van der Waals surface area contributed by atoms with Crippen LogP contribution in [0.3, 0.4) is 0 Å². The molecule has 0 aliphatic heterocycles. The van der Waals surface area contributed by atoms with Gasteiger partial charge in [0.15, 0.2) is 9.84 Å². The predicted molar refractivity (Wildman–Crippen MR) is 75.2 cm³/mol. The van der Waals surface area contributed by atoms with Crippen LogP contribution in [-0.4, -0.2) is 32.8 Å². The van der Waals surface area contributed by atoms with Gasteiger partial charge in [0.25, 0.3) is 0 Å². The molecule has 110 valence electrons. The van der Waals surface area contributed by atoms with E-state index in [0.29, 0.717) is 5.02 Å². The Bertz CT molecular complexity index is 614. The Morgan fingerprint density at radius 1 is 1.45 bits per heavy atom. The molecule has 0 amide bonds. The van der Waals surface area contributed by atoms with Crippen LogP contribution in [0.2, 0.25) is 5.02 Å². The van der Waals surface area contributed by atoms with Crippen LogP contribution in [-0.2, 0) is 19.4 Å². The lowest BCUT2D eigenvalue weighted by Crippen LogP contribution is -2.33. The first-order valence-electron chi connectivity index (χ1n) is 6.25. The van der Waals surface area contributed by atoms with E-state index in [1.165, 1.54) is 24.3 Å². The van der Waals surface area contributed by atoms with E-state index in [1.807, 2.05) is 0 Å². The molecule has 7 heteroatoms. The SMILES string of the molecule is CCOC(=O)C1(CN)CC1S(=O)(=O)c1ccc(Cl)cc1. The van der Waals surface area contributed by atoms with Gasteiger partial charge in [-0.3, -0.25) is 4.79 Å². The highest BCUT2D eigenvalue weighted by molar-refractivity contribution is 7.92. The fourth-order valence-corrected chi connectivity index (χ4v) is 4.53. The third kappa shape index (κ3) is 2.43. The number of hydrogen-bond donors (Lipinski definition) is 1. The number of ether oxygens (including phenoxy) is 1. The second kappa shape index (κ2) is 5.35. The van der Waals surface area contributed by atoms with Crippen molar-refractivity contribution < 1.29 is 17.9 Å². The van der Waals surface area contributed by atoms with E-state index >= 15 is 0 Å². The van der Waals surface area contributed by atoms with Crippen molar-refractivity contribution in [2.45, 2.75) is 23.5 Å². The minimum atomic E-state index is -3.61. The number of nitrogens with two attached hydrogens (primary N) is 1. The van der Waals surface area contributed by atoms with Gasteiger partial charge >= 0.3 is 5.97 Å². The number of sulfone groups is 1. The molecule has 0 heterocycles. The fraction of sp³-hybridized carbons (Fsp3) is 0.462. The van der Waals surface area contributed by atoms with Gasteiger partial charge in [0.05, 0.1) is 22.2 Å². The third-order valence-electron chi connectivity index (χ3n) is 3.57. The maximum absolute atomic E-state index is 12.5. The summed E-state index contributed by atoms with van der Waals surface area (Å²) in [6.07, 6.45) is 0.202. The summed E-state index contributed by atoms with van der Waals surface area (Å²) in [6.45, 7) is 1.84. The van der Waals surface area contributed by atoms with Gasteiger partial charge in [0.2, 0.25) is 0 Å². The van der Waals surface area contributed by atoms with Crippen LogP contribution in [0, 0.1) is 5.41 Å². The van der Waals surface area contributed by atoms with Gasteiger partial charge in [0.1, 0.15) is 0 Å². The van der Waals surface area contributed by atoms with E-state index in [9.17, 15) is 13.2 Å².